The van der Waals surface area contributed by atoms with Gasteiger partial charge in [-0.2, -0.15) is 0 Å². The maximum atomic E-state index is 2.52. The molecule has 1 saturated carbocycles. The van der Waals surface area contributed by atoms with Gasteiger partial charge in [0.1, 0.15) is 0 Å². The van der Waals surface area contributed by atoms with Crippen molar-refractivity contribution in [2.45, 2.75) is 112 Å². The van der Waals surface area contributed by atoms with Gasteiger partial charge in [0.2, 0.25) is 0 Å². The van der Waals surface area contributed by atoms with E-state index in [2.05, 4.69) is 41.5 Å². The molecule has 0 heterocycles. The van der Waals surface area contributed by atoms with Crippen molar-refractivity contribution in [2.24, 2.45) is 29.1 Å². The summed E-state index contributed by atoms with van der Waals surface area (Å²) in [4.78, 5) is 0. The summed E-state index contributed by atoms with van der Waals surface area (Å²) < 4.78 is 0. The lowest BCUT2D eigenvalue weighted by molar-refractivity contribution is 0.0707. The molecular weight excluding hydrogens is 264 g/mol. The van der Waals surface area contributed by atoms with Crippen molar-refractivity contribution in [2.75, 3.05) is 0 Å². The van der Waals surface area contributed by atoms with Crippen LogP contribution in [0.15, 0.2) is 0 Å². The lowest BCUT2D eigenvalue weighted by Gasteiger charge is -2.43. The van der Waals surface area contributed by atoms with Crippen LogP contribution in [0.4, 0.5) is 0 Å². The van der Waals surface area contributed by atoms with Crippen LogP contribution in [-0.4, -0.2) is 0 Å². The van der Waals surface area contributed by atoms with Gasteiger partial charge >= 0.3 is 0 Å². The molecule has 1 rings (SSSR count). The minimum absolute atomic E-state index is 0.592. The van der Waals surface area contributed by atoms with E-state index in [0.717, 1.165) is 23.7 Å². The molecule has 0 aromatic rings. The largest absolute Gasteiger partial charge is 0.0628 e. The molecule has 0 heteroatoms. The lowest BCUT2D eigenvalue weighted by Crippen LogP contribution is -2.33. The minimum Gasteiger partial charge on any atom is -0.0628 e. The van der Waals surface area contributed by atoms with Gasteiger partial charge in [-0.25, -0.2) is 0 Å². The van der Waals surface area contributed by atoms with Gasteiger partial charge in [0.15, 0.2) is 0 Å². The highest BCUT2D eigenvalue weighted by Crippen LogP contribution is 2.46. The van der Waals surface area contributed by atoms with Crippen molar-refractivity contribution in [3.63, 3.8) is 0 Å². The van der Waals surface area contributed by atoms with Crippen molar-refractivity contribution in [3.8, 4) is 0 Å². The molecule has 0 spiro atoms. The van der Waals surface area contributed by atoms with E-state index in [4.69, 9.17) is 0 Å². The molecular formula is C22H44. The fraction of sp³-hybridized carbons (Fsp3) is 1.00. The molecule has 3 unspecified atom stereocenters. The zero-order valence-electron chi connectivity index (χ0n) is 16.6. The predicted molar refractivity (Wildman–Crippen MR) is 101 cm³/mol. The Bertz CT molecular complexity index is 276. The second-order valence-electron chi connectivity index (χ2n) is 9.53. The molecule has 132 valence electrons. The monoisotopic (exact) mass is 308 g/mol. The predicted octanol–water partition coefficient (Wildman–Crippen LogP) is 7.86. The molecule has 3 atom stereocenters. The summed E-state index contributed by atoms with van der Waals surface area (Å²) in [5.41, 5.74) is 0.592. The molecule has 0 saturated heterocycles. The number of unbranched alkanes of at least 4 members (excludes halogenated alkanes) is 3. The fourth-order valence-electron chi connectivity index (χ4n) is 4.72. The third-order valence-electron chi connectivity index (χ3n) is 6.37. The van der Waals surface area contributed by atoms with Crippen LogP contribution in [0.3, 0.4) is 0 Å². The van der Waals surface area contributed by atoms with E-state index in [1.807, 2.05) is 0 Å². The van der Waals surface area contributed by atoms with E-state index in [1.165, 1.54) is 70.6 Å². The molecule has 0 aromatic heterocycles. The summed E-state index contributed by atoms with van der Waals surface area (Å²) in [6, 6.07) is 0. The van der Waals surface area contributed by atoms with Crippen LogP contribution >= 0.6 is 0 Å². The molecule has 0 radical (unpaired) electrons. The first-order chi connectivity index (χ1) is 10.3. The number of hydrogen-bond donors (Lipinski definition) is 0. The maximum Gasteiger partial charge on any atom is -0.0323 e. The first kappa shape index (κ1) is 20.0. The third-order valence-corrected chi connectivity index (χ3v) is 6.37. The summed E-state index contributed by atoms with van der Waals surface area (Å²) in [5, 5.41) is 0. The van der Waals surface area contributed by atoms with Gasteiger partial charge < -0.3 is 0 Å². The molecule has 1 fully saturated rings. The van der Waals surface area contributed by atoms with Gasteiger partial charge in [0, 0.05) is 0 Å². The first-order valence-corrected chi connectivity index (χ1v) is 10.3. The van der Waals surface area contributed by atoms with Crippen LogP contribution in [0.1, 0.15) is 112 Å². The standard InChI is InChI=1S/C22H44/c1-18(2)12-9-7-8-10-13-19(3)15-16-21-20(4)14-11-17-22(21,5)6/h18-21H,7-17H2,1-6H3. The Kier molecular flexibility index (Phi) is 9.10. The molecule has 1 aliphatic rings. The number of hydrogen-bond acceptors (Lipinski definition) is 0. The van der Waals surface area contributed by atoms with Crippen molar-refractivity contribution in [3.05, 3.63) is 0 Å². The van der Waals surface area contributed by atoms with E-state index < -0.39 is 0 Å². The van der Waals surface area contributed by atoms with E-state index in [-0.39, 0.29) is 0 Å². The van der Waals surface area contributed by atoms with E-state index in [9.17, 15) is 0 Å². The zero-order chi connectivity index (χ0) is 16.6. The number of rotatable bonds is 10. The minimum atomic E-state index is 0.592. The summed E-state index contributed by atoms with van der Waals surface area (Å²) in [6.45, 7) is 14.7. The van der Waals surface area contributed by atoms with E-state index >= 15 is 0 Å². The van der Waals surface area contributed by atoms with Crippen LogP contribution in [0, 0.1) is 29.1 Å². The van der Waals surface area contributed by atoms with Crippen molar-refractivity contribution in [1.82, 2.24) is 0 Å². The van der Waals surface area contributed by atoms with Crippen LogP contribution in [0.25, 0.3) is 0 Å². The quantitative estimate of drug-likeness (QED) is 0.360. The van der Waals surface area contributed by atoms with Crippen molar-refractivity contribution < 1.29 is 0 Å². The van der Waals surface area contributed by atoms with Gasteiger partial charge in [-0.15, -0.1) is 0 Å². The van der Waals surface area contributed by atoms with Gasteiger partial charge in [0.05, 0.1) is 0 Å². The molecule has 1 aliphatic carbocycles. The molecule has 0 nitrogen and oxygen atoms in total. The molecule has 0 bridgehead atoms. The van der Waals surface area contributed by atoms with Crippen molar-refractivity contribution >= 4 is 0 Å². The fourth-order valence-corrected chi connectivity index (χ4v) is 4.72. The summed E-state index contributed by atoms with van der Waals surface area (Å²) >= 11 is 0. The third kappa shape index (κ3) is 7.51. The highest BCUT2D eigenvalue weighted by atomic mass is 14.4. The van der Waals surface area contributed by atoms with Crippen molar-refractivity contribution in [1.29, 1.82) is 0 Å². The summed E-state index contributed by atoms with van der Waals surface area (Å²) in [7, 11) is 0. The molecule has 0 aliphatic heterocycles. The van der Waals surface area contributed by atoms with Crippen LogP contribution in [0.5, 0.6) is 0 Å². The second kappa shape index (κ2) is 9.99. The van der Waals surface area contributed by atoms with Gasteiger partial charge in [-0.05, 0) is 41.9 Å². The first-order valence-electron chi connectivity index (χ1n) is 10.3. The van der Waals surface area contributed by atoms with E-state index in [0.29, 0.717) is 5.41 Å². The average molecular weight is 309 g/mol. The Morgan fingerprint density at radius 2 is 1.55 bits per heavy atom. The van der Waals surface area contributed by atoms with E-state index in [1.54, 1.807) is 0 Å². The Hall–Kier alpha value is 0. The van der Waals surface area contributed by atoms with Crippen LogP contribution < -0.4 is 0 Å². The van der Waals surface area contributed by atoms with Gasteiger partial charge in [-0.1, -0.05) is 99.3 Å². The second-order valence-corrected chi connectivity index (χ2v) is 9.53. The smallest absolute Gasteiger partial charge is 0.0323 e. The Morgan fingerprint density at radius 1 is 0.909 bits per heavy atom. The van der Waals surface area contributed by atoms with Gasteiger partial charge in [0.25, 0.3) is 0 Å². The molecule has 0 N–H and O–H groups in total. The van der Waals surface area contributed by atoms with Gasteiger partial charge in [-0.3, -0.25) is 0 Å². The SMILES string of the molecule is CC(C)CCCCCCC(C)CCC1C(C)CCCC1(C)C. The Morgan fingerprint density at radius 3 is 2.14 bits per heavy atom. The maximum absolute atomic E-state index is 2.52. The Labute approximate surface area is 141 Å². The highest BCUT2D eigenvalue weighted by Gasteiger charge is 2.36. The summed E-state index contributed by atoms with van der Waals surface area (Å²) in [5.74, 6) is 3.75. The average Bonchev–Trinajstić information content (AvgIpc) is 2.41. The highest BCUT2D eigenvalue weighted by molar-refractivity contribution is 4.86. The van der Waals surface area contributed by atoms with Crippen LogP contribution in [-0.2, 0) is 0 Å². The molecule has 0 amide bonds. The molecule has 0 aromatic carbocycles. The Balaban J connectivity index is 2.13. The molecule has 22 heavy (non-hydrogen) atoms. The normalized spacial score (nSPS) is 26.3. The van der Waals surface area contributed by atoms with Crippen LogP contribution in [0.2, 0.25) is 0 Å². The summed E-state index contributed by atoms with van der Waals surface area (Å²) in [6.07, 6.45) is 16.0. The lowest BCUT2D eigenvalue weighted by atomic mass is 9.62. The zero-order valence-corrected chi connectivity index (χ0v) is 16.6. The topological polar surface area (TPSA) is 0 Å².